The Kier molecular flexibility index (Phi) is 5.17. The van der Waals surface area contributed by atoms with Gasteiger partial charge >= 0.3 is 0 Å². The van der Waals surface area contributed by atoms with E-state index in [2.05, 4.69) is 11.9 Å². The zero-order valence-electron chi connectivity index (χ0n) is 7.46. The Balaban J connectivity index is 0.000000461. The topological polar surface area (TPSA) is 38.9 Å². The number of nitrogens with zero attached hydrogens (tertiary/aromatic N) is 1. The molecular formula is C9H16N2. The van der Waals surface area contributed by atoms with Crippen LogP contribution < -0.4 is 5.73 Å². The summed E-state index contributed by atoms with van der Waals surface area (Å²) in [4.78, 5) is 4.08. The Labute approximate surface area is 68.5 Å². The van der Waals surface area contributed by atoms with Gasteiger partial charge < -0.3 is 5.73 Å². The van der Waals surface area contributed by atoms with Gasteiger partial charge in [0.05, 0.1) is 0 Å². The van der Waals surface area contributed by atoms with Crippen molar-refractivity contribution in [1.82, 2.24) is 4.98 Å². The molecule has 0 amide bonds. The first kappa shape index (κ1) is 9.95. The van der Waals surface area contributed by atoms with Gasteiger partial charge in [0.1, 0.15) is 0 Å². The zero-order chi connectivity index (χ0) is 8.69. The second-order valence-corrected chi connectivity index (χ2v) is 1.93. The van der Waals surface area contributed by atoms with Gasteiger partial charge in [0.25, 0.3) is 0 Å². The molecule has 2 N–H and O–H groups in total. The molecule has 1 heterocycles. The summed E-state index contributed by atoms with van der Waals surface area (Å²) in [6.45, 7) is 6.06. The van der Waals surface area contributed by atoms with Crippen molar-refractivity contribution < 1.29 is 0 Å². The summed E-state index contributed by atoms with van der Waals surface area (Å²) in [5, 5.41) is 0. The summed E-state index contributed by atoms with van der Waals surface area (Å²) >= 11 is 0. The van der Waals surface area contributed by atoms with Gasteiger partial charge in [-0.1, -0.05) is 20.8 Å². The fraction of sp³-hybridized carbons (Fsp3) is 0.444. The van der Waals surface area contributed by atoms with Crippen molar-refractivity contribution in [3.05, 3.63) is 24.0 Å². The molecule has 0 fully saturated rings. The van der Waals surface area contributed by atoms with Crippen LogP contribution in [-0.2, 0) is 6.42 Å². The molecule has 0 spiro atoms. The molecule has 0 aliphatic carbocycles. The summed E-state index contributed by atoms with van der Waals surface area (Å²) in [6.07, 6.45) is 2.68. The molecule has 0 aromatic carbocycles. The van der Waals surface area contributed by atoms with Crippen molar-refractivity contribution in [1.29, 1.82) is 0 Å². The van der Waals surface area contributed by atoms with Crippen LogP contribution in [0, 0.1) is 0 Å². The van der Waals surface area contributed by atoms with Crippen molar-refractivity contribution in [2.24, 2.45) is 0 Å². The molecule has 1 rings (SSSR count). The van der Waals surface area contributed by atoms with E-state index in [0.29, 0.717) is 0 Å². The summed E-state index contributed by atoms with van der Waals surface area (Å²) in [6, 6.07) is 3.68. The summed E-state index contributed by atoms with van der Waals surface area (Å²) in [5.41, 5.74) is 7.34. The van der Waals surface area contributed by atoms with Gasteiger partial charge in [0.2, 0.25) is 0 Å². The van der Waals surface area contributed by atoms with Gasteiger partial charge in [-0.3, -0.25) is 4.98 Å². The third-order valence-electron chi connectivity index (χ3n) is 1.20. The first-order valence-corrected chi connectivity index (χ1v) is 4.03. The Bertz CT molecular complexity index is 197. The van der Waals surface area contributed by atoms with Gasteiger partial charge in [-0.25, -0.2) is 0 Å². The van der Waals surface area contributed by atoms with E-state index in [1.807, 2.05) is 19.9 Å². The Morgan fingerprint density at radius 2 is 2.09 bits per heavy atom. The van der Waals surface area contributed by atoms with E-state index in [-0.39, 0.29) is 0 Å². The number of rotatable bonds is 1. The largest absolute Gasteiger partial charge is 0.399 e. The lowest BCUT2D eigenvalue weighted by atomic mass is 10.3. The molecule has 62 valence electrons. The minimum absolute atomic E-state index is 0.793. The van der Waals surface area contributed by atoms with Crippen LogP contribution in [0.4, 0.5) is 5.69 Å². The van der Waals surface area contributed by atoms with Crippen LogP contribution in [0.1, 0.15) is 26.5 Å². The monoisotopic (exact) mass is 152 g/mol. The Morgan fingerprint density at radius 1 is 1.45 bits per heavy atom. The van der Waals surface area contributed by atoms with E-state index in [0.717, 1.165) is 17.8 Å². The average Bonchev–Trinajstić information content (AvgIpc) is 2.08. The lowest BCUT2D eigenvalue weighted by Crippen LogP contribution is -1.89. The SMILES string of the molecule is CC.CCc1cc(N)ccn1. The van der Waals surface area contributed by atoms with E-state index in [1.165, 1.54) is 0 Å². The molecule has 0 unspecified atom stereocenters. The van der Waals surface area contributed by atoms with Crippen LogP contribution in [-0.4, -0.2) is 4.98 Å². The number of nitrogens with two attached hydrogens (primary N) is 1. The highest BCUT2D eigenvalue weighted by Gasteiger charge is 1.87. The molecule has 1 aromatic heterocycles. The summed E-state index contributed by atoms with van der Waals surface area (Å²) < 4.78 is 0. The fourth-order valence-corrected chi connectivity index (χ4v) is 0.690. The van der Waals surface area contributed by atoms with Gasteiger partial charge in [0.15, 0.2) is 0 Å². The Morgan fingerprint density at radius 3 is 2.45 bits per heavy atom. The van der Waals surface area contributed by atoms with Crippen molar-refractivity contribution >= 4 is 5.69 Å². The highest BCUT2D eigenvalue weighted by atomic mass is 14.7. The van der Waals surface area contributed by atoms with Crippen LogP contribution in [0.25, 0.3) is 0 Å². The van der Waals surface area contributed by atoms with Crippen molar-refractivity contribution in [2.45, 2.75) is 27.2 Å². The third-order valence-corrected chi connectivity index (χ3v) is 1.20. The summed E-state index contributed by atoms with van der Waals surface area (Å²) in [5.74, 6) is 0. The lowest BCUT2D eigenvalue weighted by Gasteiger charge is -1.94. The molecule has 0 atom stereocenters. The molecule has 1 aromatic rings. The van der Waals surface area contributed by atoms with Crippen molar-refractivity contribution in [2.75, 3.05) is 5.73 Å². The second-order valence-electron chi connectivity index (χ2n) is 1.93. The molecular weight excluding hydrogens is 136 g/mol. The van der Waals surface area contributed by atoms with Crippen molar-refractivity contribution in [3.63, 3.8) is 0 Å². The number of aryl methyl sites for hydroxylation is 1. The molecule has 0 saturated carbocycles. The third kappa shape index (κ3) is 3.61. The van der Waals surface area contributed by atoms with Crippen molar-refractivity contribution in [3.8, 4) is 0 Å². The van der Waals surface area contributed by atoms with Crippen LogP contribution in [0.15, 0.2) is 18.3 Å². The first-order valence-electron chi connectivity index (χ1n) is 4.03. The molecule has 0 aliphatic heterocycles. The predicted octanol–water partition coefficient (Wildman–Crippen LogP) is 2.25. The lowest BCUT2D eigenvalue weighted by molar-refractivity contribution is 1.04. The molecule has 2 nitrogen and oxygen atoms in total. The predicted molar refractivity (Wildman–Crippen MR) is 49.4 cm³/mol. The van der Waals surface area contributed by atoms with E-state index in [1.54, 1.807) is 12.3 Å². The average molecular weight is 152 g/mol. The molecule has 0 aliphatic rings. The van der Waals surface area contributed by atoms with Gasteiger partial charge in [0, 0.05) is 17.6 Å². The standard InChI is InChI=1S/C7H10N2.C2H6/c1-2-7-5-6(8)3-4-9-7;1-2/h3-5H,2H2,1H3,(H2,8,9);1-2H3. The van der Waals surface area contributed by atoms with Crippen LogP contribution in [0.5, 0.6) is 0 Å². The highest BCUT2D eigenvalue weighted by Crippen LogP contribution is 2.02. The van der Waals surface area contributed by atoms with E-state index in [4.69, 9.17) is 5.73 Å². The maximum atomic E-state index is 5.49. The van der Waals surface area contributed by atoms with Crippen LogP contribution >= 0.6 is 0 Å². The summed E-state index contributed by atoms with van der Waals surface area (Å²) in [7, 11) is 0. The smallest absolute Gasteiger partial charge is 0.0421 e. The number of anilines is 1. The second kappa shape index (κ2) is 5.71. The van der Waals surface area contributed by atoms with E-state index < -0.39 is 0 Å². The number of nitrogen functional groups attached to an aromatic ring is 1. The van der Waals surface area contributed by atoms with E-state index >= 15 is 0 Å². The minimum Gasteiger partial charge on any atom is -0.399 e. The molecule has 11 heavy (non-hydrogen) atoms. The van der Waals surface area contributed by atoms with Crippen LogP contribution in [0.3, 0.4) is 0 Å². The number of aromatic nitrogens is 1. The maximum absolute atomic E-state index is 5.49. The van der Waals surface area contributed by atoms with Gasteiger partial charge in [-0.05, 0) is 18.6 Å². The zero-order valence-corrected chi connectivity index (χ0v) is 7.46. The van der Waals surface area contributed by atoms with Gasteiger partial charge in [-0.2, -0.15) is 0 Å². The normalized spacial score (nSPS) is 8.27. The minimum atomic E-state index is 0.793. The fourth-order valence-electron chi connectivity index (χ4n) is 0.690. The number of pyridine rings is 1. The molecule has 0 radical (unpaired) electrons. The molecule has 2 heteroatoms. The van der Waals surface area contributed by atoms with E-state index in [9.17, 15) is 0 Å². The van der Waals surface area contributed by atoms with Gasteiger partial charge in [-0.15, -0.1) is 0 Å². The maximum Gasteiger partial charge on any atom is 0.0421 e. The molecule has 0 saturated heterocycles. The number of hydrogen-bond acceptors (Lipinski definition) is 2. The Hall–Kier alpha value is -1.05. The number of hydrogen-bond donors (Lipinski definition) is 1. The van der Waals surface area contributed by atoms with Crippen LogP contribution in [0.2, 0.25) is 0 Å². The molecule has 0 bridgehead atoms. The quantitative estimate of drug-likeness (QED) is 0.670. The first-order chi connectivity index (χ1) is 5.33. The highest BCUT2D eigenvalue weighted by molar-refractivity contribution is 5.36.